The minimum absolute atomic E-state index is 0.195. The van der Waals surface area contributed by atoms with Gasteiger partial charge in [-0.1, -0.05) is 24.6 Å². The topological polar surface area (TPSA) is 18.5 Å². The fourth-order valence-corrected chi connectivity index (χ4v) is 2.19. The zero-order chi connectivity index (χ0) is 9.80. The maximum Gasteiger partial charge on any atom is 0.0946 e. The molecule has 1 saturated carbocycles. The van der Waals surface area contributed by atoms with Crippen LogP contribution in [0.2, 0.25) is 0 Å². The van der Waals surface area contributed by atoms with E-state index in [2.05, 4.69) is 18.2 Å². The Balaban J connectivity index is 2.01. The summed E-state index contributed by atoms with van der Waals surface area (Å²) in [6.07, 6.45) is 11.9. The molecule has 0 bridgehead atoms. The molecule has 0 radical (unpaired) electrons. The van der Waals surface area contributed by atoms with E-state index in [1.54, 1.807) is 7.11 Å². The number of ether oxygens (including phenoxy) is 2. The Bertz CT molecular complexity index is 243. The number of hydrogen-bond donors (Lipinski definition) is 0. The van der Waals surface area contributed by atoms with Crippen LogP contribution in [0.1, 0.15) is 25.7 Å². The van der Waals surface area contributed by atoms with Crippen molar-refractivity contribution in [2.45, 2.75) is 37.9 Å². The average molecular weight is 194 g/mol. The highest BCUT2D eigenvalue weighted by Crippen LogP contribution is 2.26. The maximum atomic E-state index is 5.51. The molecule has 2 atom stereocenters. The molecular weight excluding hydrogens is 176 g/mol. The van der Waals surface area contributed by atoms with Crippen molar-refractivity contribution in [3.05, 3.63) is 23.8 Å². The summed E-state index contributed by atoms with van der Waals surface area (Å²) in [5.74, 6) is 0. The molecule has 0 amide bonds. The van der Waals surface area contributed by atoms with Gasteiger partial charge < -0.3 is 9.47 Å². The second-order valence-corrected chi connectivity index (χ2v) is 3.94. The smallest absolute Gasteiger partial charge is 0.0946 e. The Kier molecular flexibility index (Phi) is 3.38. The summed E-state index contributed by atoms with van der Waals surface area (Å²) < 4.78 is 11.0. The van der Waals surface area contributed by atoms with Crippen molar-refractivity contribution in [3.8, 4) is 0 Å². The fraction of sp³-hybridized carbons (Fsp3) is 0.667. The van der Waals surface area contributed by atoms with Crippen LogP contribution in [0.25, 0.3) is 0 Å². The predicted octanol–water partition coefficient (Wildman–Crippen LogP) is 2.46. The van der Waals surface area contributed by atoms with Crippen molar-refractivity contribution in [1.29, 1.82) is 0 Å². The Hall–Kier alpha value is -0.600. The van der Waals surface area contributed by atoms with Crippen LogP contribution in [0.15, 0.2) is 23.8 Å². The normalized spacial score (nSPS) is 35.4. The van der Waals surface area contributed by atoms with Crippen LogP contribution in [-0.2, 0) is 9.47 Å². The molecule has 2 aliphatic rings. The number of methoxy groups -OCH3 is 1. The lowest BCUT2D eigenvalue weighted by Crippen LogP contribution is -2.19. The molecular formula is C12H18O2. The molecule has 2 rings (SSSR count). The van der Waals surface area contributed by atoms with Crippen LogP contribution < -0.4 is 0 Å². The lowest BCUT2D eigenvalue weighted by atomic mass is 9.91. The summed E-state index contributed by atoms with van der Waals surface area (Å²) >= 11 is 0. The summed E-state index contributed by atoms with van der Waals surface area (Å²) in [5, 5.41) is 0. The summed E-state index contributed by atoms with van der Waals surface area (Å²) in [5.41, 5.74) is 1.43. The van der Waals surface area contributed by atoms with Gasteiger partial charge in [0.25, 0.3) is 0 Å². The molecule has 0 spiro atoms. The summed E-state index contributed by atoms with van der Waals surface area (Å²) in [4.78, 5) is 0. The van der Waals surface area contributed by atoms with E-state index in [1.165, 1.54) is 31.3 Å². The van der Waals surface area contributed by atoms with E-state index in [4.69, 9.17) is 9.47 Å². The van der Waals surface area contributed by atoms with Crippen LogP contribution in [0.3, 0.4) is 0 Å². The van der Waals surface area contributed by atoms with Crippen molar-refractivity contribution >= 4 is 0 Å². The van der Waals surface area contributed by atoms with Gasteiger partial charge in [-0.25, -0.2) is 0 Å². The van der Waals surface area contributed by atoms with Gasteiger partial charge in [0.1, 0.15) is 0 Å². The fourth-order valence-electron chi connectivity index (χ4n) is 2.19. The van der Waals surface area contributed by atoms with Gasteiger partial charge in [0, 0.05) is 7.11 Å². The molecule has 1 heterocycles. The first-order valence-electron chi connectivity index (χ1n) is 5.42. The number of hydrogen-bond acceptors (Lipinski definition) is 2. The molecule has 0 aromatic rings. The first-order chi connectivity index (χ1) is 6.90. The maximum absolute atomic E-state index is 5.51. The van der Waals surface area contributed by atoms with Gasteiger partial charge in [-0.3, -0.25) is 0 Å². The van der Waals surface area contributed by atoms with Crippen molar-refractivity contribution < 1.29 is 9.47 Å². The predicted molar refractivity (Wildman–Crippen MR) is 56.2 cm³/mol. The van der Waals surface area contributed by atoms with Crippen molar-refractivity contribution in [3.63, 3.8) is 0 Å². The van der Waals surface area contributed by atoms with E-state index < -0.39 is 0 Å². The minimum Gasteiger partial charge on any atom is -0.377 e. The van der Waals surface area contributed by atoms with Gasteiger partial charge in [0.2, 0.25) is 0 Å². The van der Waals surface area contributed by atoms with Crippen LogP contribution in [0.5, 0.6) is 0 Å². The third kappa shape index (κ3) is 2.25. The first kappa shape index (κ1) is 9.94. The van der Waals surface area contributed by atoms with E-state index in [0.717, 1.165) is 6.61 Å². The third-order valence-corrected chi connectivity index (χ3v) is 2.97. The van der Waals surface area contributed by atoms with Crippen LogP contribution in [0.4, 0.5) is 0 Å². The van der Waals surface area contributed by atoms with Gasteiger partial charge >= 0.3 is 0 Å². The summed E-state index contributed by atoms with van der Waals surface area (Å²) in [7, 11) is 1.80. The molecule has 0 aromatic heterocycles. The van der Waals surface area contributed by atoms with E-state index in [-0.39, 0.29) is 6.10 Å². The highest BCUT2D eigenvalue weighted by molar-refractivity contribution is 5.18. The van der Waals surface area contributed by atoms with Gasteiger partial charge in [-0.15, -0.1) is 0 Å². The van der Waals surface area contributed by atoms with Gasteiger partial charge in [-0.05, 0) is 24.8 Å². The Morgan fingerprint density at radius 2 is 2.43 bits per heavy atom. The van der Waals surface area contributed by atoms with Crippen LogP contribution in [-0.4, -0.2) is 25.9 Å². The van der Waals surface area contributed by atoms with E-state index >= 15 is 0 Å². The van der Waals surface area contributed by atoms with Gasteiger partial charge in [-0.2, -0.15) is 0 Å². The molecule has 2 unspecified atom stereocenters. The minimum atomic E-state index is 0.195. The van der Waals surface area contributed by atoms with Crippen molar-refractivity contribution in [1.82, 2.24) is 0 Å². The lowest BCUT2D eigenvalue weighted by molar-refractivity contribution is 0.105. The molecule has 0 aromatic carbocycles. The SMILES string of the molecule is COC1CCCCC1=CC1C=CCO1. The largest absolute Gasteiger partial charge is 0.377 e. The quantitative estimate of drug-likeness (QED) is 0.629. The summed E-state index contributed by atoms with van der Waals surface area (Å²) in [6.45, 7) is 0.756. The van der Waals surface area contributed by atoms with Crippen molar-refractivity contribution in [2.24, 2.45) is 0 Å². The van der Waals surface area contributed by atoms with Crippen molar-refractivity contribution in [2.75, 3.05) is 13.7 Å². The molecule has 78 valence electrons. The van der Waals surface area contributed by atoms with E-state index in [9.17, 15) is 0 Å². The monoisotopic (exact) mass is 194 g/mol. The highest BCUT2D eigenvalue weighted by atomic mass is 16.5. The summed E-state index contributed by atoms with van der Waals surface area (Å²) in [6, 6.07) is 0. The van der Waals surface area contributed by atoms with Crippen LogP contribution in [0, 0.1) is 0 Å². The third-order valence-electron chi connectivity index (χ3n) is 2.97. The molecule has 1 aliphatic heterocycles. The van der Waals surface area contributed by atoms with E-state index in [0.29, 0.717) is 6.10 Å². The zero-order valence-corrected chi connectivity index (χ0v) is 8.74. The molecule has 2 heteroatoms. The molecule has 14 heavy (non-hydrogen) atoms. The molecule has 1 aliphatic carbocycles. The number of rotatable bonds is 2. The first-order valence-corrected chi connectivity index (χ1v) is 5.42. The second kappa shape index (κ2) is 4.76. The average Bonchev–Trinajstić information content (AvgIpc) is 2.71. The molecule has 1 fully saturated rings. The zero-order valence-electron chi connectivity index (χ0n) is 8.74. The van der Waals surface area contributed by atoms with Crippen LogP contribution >= 0.6 is 0 Å². The lowest BCUT2D eigenvalue weighted by Gasteiger charge is -2.24. The molecule has 2 nitrogen and oxygen atoms in total. The molecule has 0 N–H and O–H groups in total. The van der Waals surface area contributed by atoms with E-state index in [1.807, 2.05) is 0 Å². The highest BCUT2D eigenvalue weighted by Gasteiger charge is 2.19. The standard InChI is InChI=1S/C12H18O2/c1-13-12-7-3-2-5-10(12)9-11-6-4-8-14-11/h4,6,9,11-12H,2-3,5,7-8H2,1H3. The molecule has 0 saturated heterocycles. The second-order valence-electron chi connectivity index (χ2n) is 3.94. The Morgan fingerprint density at radius 1 is 1.50 bits per heavy atom. The Morgan fingerprint density at radius 3 is 3.14 bits per heavy atom. The van der Waals surface area contributed by atoms with Gasteiger partial charge in [0.05, 0.1) is 18.8 Å². The van der Waals surface area contributed by atoms with Gasteiger partial charge in [0.15, 0.2) is 0 Å². The Labute approximate surface area is 85.6 Å².